The van der Waals surface area contributed by atoms with E-state index in [1.54, 1.807) is 20.8 Å². The molecule has 0 aromatic rings. The first kappa shape index (κ1) is 14.6. The van der Waals surface area contributed by atoms with Crippen molar-refractivity contribution in [1.29, 1.82) is 0 Å². The average molecular weight is 237 g/mol. The molecule has 0 amide bonds. The van der Waals surface area contributed by atoms with Crippen LogP contribution in [0, 0.1) is 0 Å². The summed E-state index contributed by atoms with van der Waals surface area (Å²) < 4.78 is 16.3. The van der Waals surface area contributed by atoms with Gasteiger partial charge < -0.3 is 0 Å². The minimum absolute atomic E-state index is 0.0925. The van der Waals surface area contributed by atoms with Crippen molar-refractivity contribution in [3.05, 3.63) is 0 Å². The Hall–Kier alpha value is 0.594. The molecule has 0 aromatic carbocycles. The summed E-state index contributed by atoms with van der Waals surface area (Å²) in [5, 5.41) is 0. The van der Waals surface area contributed by atoms with Crippen LogP contribution in [0.15, 0.2) is 0 Å². The topological polar surface area (TPSA) is 27.7 Å². The van der Waals surface area contributed by atoms with E-state index in [-0.39, 0.29) is 18.5 Å². The molecule has 0 saturated carbocycles. The minimum atomic E-state index is -0.0925. The van der Waals surface area contributed by atoms with Gasteiger partial charge in [0.2, 0.25) is 0 Å². The van der Waals surface area contributed by atoms with E-state index in [9.17, 15) is 0 Å². The molecule has 0 aliphatic rings. The molecule has 0 rings (SSSR count). The number of ether oxygens (including phenoxy) is 2. The van der Waals surface area contributed by atoms with Crippen LogP contribution in [0.5, 0.6) is 0 Å². The molecule has 0 aromatic heterocycles. The van der Waals surface area contributed by atoms with Crippen LogP contribution in [0.2, 0.25) is 0 Å². The van der Waals surface area contributed by atoms with Crippen LogP contribution in [0.4, 0.5) is 0 Å². The van der Waals surface area contributed by atoms with Gasteiger partial charge in [0.05, 0.1) is 0 Å². The van der Waals surface area contributed by atoms with Gasteiger partial charge in [0.15, 0.2) is 0 Å². The second-order valence-electron chi connectivity index (χ2n) is 3.79. The Morgan fingerprint density at radius 1 is 1.00 bits per heavy atom. The third-order valence-corrected chi connectivity index (χ3v) is 1.85. The quantitative estimate of drug-likeness (QED) is 0.368. The molecular formula is C10H21O3Ti. The summed E-state index contributed by atoms with van der Waals surface area (Å²) in [6, 6.07) is 0. The van der Waals surface area contributed by atoms with Crippen LogP contribution in [0.1, 0.15) is 40.5 Å². The van der Waals surface area contributed by atoms with Gasteiger partial charge in [-0.3, -0.25) is 0 Å². The van der Waals surface area contributed by atoms with Gasteiger partial charge >= 0.3 is 99.3 Å². The molecule has 0 bridgehead atoms. The number of hydrogen-bond donors (Lipinski definition) is 0. The van der Waals surface area contributed by atoms with E-state index >= 15 is 0 Å². The van der Waals surface area contributed by atoms with Gasteiger partial charge in [0.25, 0.3) is 0 Å². The van der Waals surface area contributed by atoms with E-state index in [4.69, 9.17) is 12.8 Å². The summed E-state index contributed by atoms with van der Waals surface area (Å²) in [5.74, 6) is 0. The SMILES string of the molecule is CC(C)OC(CCC[O][Ti])OC(C)C. The van der Waals surface area contributed by atoms with Gasteiger partial charge in [-0.2, -0.15) is 0 Å². The zero-order chi connectivity index (χ0) is 11.0. The van der Waals surface area contributed by atoms with Crippen LogP contribution in [0.3, 0.4) is 0 Å². The van der Waals surface area contributed by atoms with Crippen molar-refractivity contribution in [1.82, 2.24) is 0 Å². The summed E-state index contributed by atoms with van der Waals surface area (Å²) in [5.41, 5.74) is 0. The molecule has 0 spiro atoms. The average Bonchev–Trinajstić information content (AvgIpc) is 2.02. The van der Waals surface area contributed by atoms with E-state index in [1.165, 1.54) is 0 Å². The molecule has 0 atom stereocenters. The van der Waals surface area contributed by atoms with Gasteiger partial charge in [-0.25, -0.2) is 0 Å². The summed E-state index contributed by atoms with van der Waals surface area (Å²) >= 11 is 1.71. The third kappa shape index (κ3) is 9.16. The maximum atomic E-state index is 5.63. The third-order valence-electron chi connectivity index (χ3n) is 1.53. The molecule has 0 aliphatic heterocycles. The fraction of sp³-hybridized carbons (Fsp3) is 1.00. The maximum absolute atomic E-state index is 5.63. The summed E-state index contributed by atoms with van der Waals surface area (Å²) in [6.45, 7) is 8.85. The van der Waals surface area contributed by atoms with Crippen molar-refractivity contribution < 1.29 is 33.6 Å². The van der Waals surface area contributed by atoms with E-state index in [0.29, 0.717) is 0 Å². The first-order valence-electron chi connectivity index (χ1n) is 5.15. The second-order valence-corrected chi connectivity index (χ2v) is 4.24. The molecule has 4 heteroatoms. The van der Waals surface area contributed by atoms with Crippen molar-refractivity contribution in [2.24, 2.45) is 0 Å². The van der Waals surface area contributed by atoms with Crippen molar-refractivity contribution >= 4 is 0 Å². The van der Waals surface area contributed by atoms with Crippen LogP contribution in [-0.4, -0.2) is 25.1 Å². The predicted molar refractivity (Wildman–Crippen MR) is 51.4 cm³/mol. The molecule has 83 valence electrons. The Morgan fingerprint density at radius 2 is 1.50 bits per heavy atom. The number of rotatable bonds is 8. The molecule has 3 nitrogen and oxygen atoms in total. The van der Waals surface area contributed by atoms with Crippen molar-refractivity contribution in [3.63, 3.8) is 0 Å². The molecule has 0 fully saturated rings. The summed E-state index contributed by atoms with van der Waals surface area (Å²) in [7, 11) is 0. The standard InChI is InChI=1S/C10H21O3.Ti/c1-8(2)12-10(6-5-7-11)13-9(3)4;/h8-10H,5-7H2,1-4H3;/q-1;+1. The molecule has 14 heavy (non-hydrogen) atoms. The molecule has 0 unspecified atom stereocenters. The molecule has 0 N–H and O–H groups in total. The van der Waals surface area contributed by atoms with Crippen LogP contribution in [0.25, 0.3) is 0 Å². The van der Waals surface area contributed by atoms with Gasteiger partial charge in [-0.15, -0.1) is 0 Å². The number of hydrogen-bond acceptors (Lipinski definition) is 3. The molecule has 0 aliphatic carbocycles. The Kier molecular flexibility index (Phi) is 9.24. The Morgan fingerprint density at radius 3 is 1.86 bits per heavy atom. The Labute approximate surface area is 99.4 Å². The van der Waals surface area contributed by atoms with E-state index in [1.807, 2.05) is 27.7 Å². The van der Waals surface area contributed by atoms with Crippen LogP contribution < -0.4 is 0 Å². The van der Waals surface area contributed by atoms with Gasteiger partial charge in [-0.1, -0.05) is 0 Å². The fourth-order valence-corrected chi connectivity index (χ4v) is 1.32. The monoisotopic (exact) mass is 237 g/mol. The zero-order valence-corrected chi connectivity index (χ0v) is 11.1. The van der Waals surface area contributed by atoms with Crippen molar-refractivity contribution in [2.75, 3.05) is 6.61 Å². The molecule has 0 saturated heterocycles. The molecule has 0 radical (unpaired) electrons. The molecule has 0 heterocycles. The van der Waals surface area contributed by atoms with E-state index < -0.39 is 0 Å². The van der Waals surface area contributed by atoms with Gasteiger partial charge in [0.1, 0.15) is 0 Å². The zero-order valence-electron chi connectivity index (χ0n) is 9.58. The Bertz CT molecular complexity index is 119. The van der Waals surface area contributed by atoms with E-state index in [2.05, 4.69) is 0 Å². The predicted octanol–water partition coefficient (Wildman–Crippen LogP) is 2.42. The summed E-state index contributed by atoms with van der Waals surface area (Å²) in [6.07, 6.45) is 2.19. The molecular weight excluding hydrogens is 216 g/mol. The first-order valence-corrected chi connectivity index (χ1v) is 5.79. The van der Waals surface area contributed by atoms with Crippen molar-refractivity contribution in [3.8, 4) is 0 Å². The first-order chi connectivity index (χ1) is 6.56. The fourth-order valence-electron chi connectivity index (χ4n) is 1.10. The van der Waals surface area contributed by atoms with E-state index in [0.717, 1.165) is 19.4 Å². The van der Waals surface area contributed by atoms with Gasteiger partial charge in [0, 0.05) is 0 Å². The van der Waals surface area contributed by atoms with Crippen molar-refractivity contribution in [2.45, 2.75) is 59.0 Å². The Balaban J connectivity index is 3.72. The van der Waals surface area contributed by atoms with Crippen LogP contribution >= 0.6 is 0 Å². The normalized spacial score (nSPS) is 11.9. The van der Waals surface area contributed by atoms with Crippen LogP contribution in [-0.2, 0) is 33.6 Å². The van der Waals surface area contributed by atoms with Gasteiger partial charge in [-0.05, 0) is 0 Å². The second kappa shape index (κ2) is 8.87. The summed E-state index contributed by atoms with van der Waals surface area (Å²) in [4.78, 5) is 0.